The number of para-hydroxylation sites is 1. The lowest BCUT2D eigenvalue weighted by molar-refractivity contribution is 0.631. The van der Waals surface area contributed by atoms with Gasteiger partial charge in [0.2, 0.25) is 0 Å². The minimum Gasteiger partial charge on any atom is -0.456 e. The van der Waals surface area contributed by atoms with Gasteiger partial charge in [-0.2, -0.15) is 0 Å². The Hall–Kier alpha value is -7.42. The smallest absolute Gasteiger partial charge is 0.135 e. The third kappa shape index (κ3) is 6.55. The van der Waals surface area contributed by atoms with Crippen LogP contribution in [0.1, 0.15) is 0 Å². The van der Waals surface area contributed by atoms with E-state index in [0.29, 0.717) is 0 Å². The second kappa shape index (κ2) is 14.4. The molecule has 0 saturated carbocycles. The summed E-state index contributed by atoms with van der Waals surface area (Å²) in [5.74, 6) is 0.879. The average molecular weight is 716 g/mol. The first-order chi connectivity index (χ1) is 27.7. The fraction of sp³-hybridized carbons (Fsp3) is 0. The second-order valence-corrected chi connectivity index (χ2v) is 14.2. The summed E-state index contributed by atoms with van der Waals surface area (Å²) in [6, 6.07) is 80.1. The highest BCUT2D eigenvalue weighted by atomic mass is 16.3. The van der Waals surface area contributed by atoms with E-state index in [1.54, 1.807) is 0 Å². The van der Waals surface area contributed by atoms with E-state index in [0.717, 1.165) is 44.9 Å². The monoisotopic (exact) mass is 715 g/mol. The Labute approximate surface area is 327 Å². The first-order valence-electron chi connectivity index (χ1n) is 19.1. The Balaban J connectivity index is 0.999. The van der Waals surface area contributed by atoms with Gasteiger partial charge in [-0.05, 0) is 116 Å². The van der Waals surface area contributed by atoms with Crippen molar-refractivity contribution in [3.63, 3.8) is 0 Å². The molecular weight excluding hydrogens is 679 g/mol. The number of hydrogen-bond acceptors (Lipinski definition) is 2. The number of anilines is 3. The molecule has 0 bridgehead atoms. The van der Waals surface area contributed by atoms with E-state index in [2.05, 4.69) is 211 Å². The summed E-state index contributed by atoms with van der Waals surface area (Å²) in [5, 5.41) is 3.48. The summed E-state index contributed by atoms with van der Waals surface area (Å²) in [5.41, 5.74) is 14.8. The molecule has 0 aliphatic heterocycles. The first-order valence-corrected chi connectivity index (χ1v) is 19.1. The zero-order valence-electron chi connectivity index (χ0n) is 30.7. The molecule has 56 heavy (non-hydrogen) atoms. The van der Waals surface area contributed by atoms with Crippen LogP contribution < -0.4 is 4.90 Å². The van der Waals surface area contributed by atoms with E-state index >= 15 is 0 Å². The van der Waals surface area contributed by atoms with E-state index in [4.69, 9.17) is 4.42 Å². The van der Waals surface area contributed by atoms with Gasteiger partial charge < -0.3 is 9.32 Å². The lowest BCUT2D eigenvalue weighted by Crippen LogP contribution is -2.10. The van der Waals surface area contributed by atoms with Crippen molar-refractivity contribution in [2.45, 2.75) is 0 Å². The highest BCUT2D eigenvalue weighted by Crippen LogP contribution is 2.40. The maximum absolute atomic E-state index is 6.20. The van der Waals surface area contributed by atoms with Crippen molar-refractivity contribution < 1.29 is 4.42 Å². The van der Waals surface area contributed by atoms with E-state index in [-0.39, 0.29) is 0 Å². The van der Waals surface area contributed by atoms with Crippen molar-refractivity contribution >= 4 is 38.8 Å². The van der Waals surface area contributed by atoms with Crippen LogP contribution in [0.4, 0.5) is 17.1 Å². The van der Waals surface area contributed by atoms with Gasteiger partial charge in [-0.15, -0.1) is 0 Å². The minimum absolute atomic E-state index is 0.879. The van der Waals surface area contributed by atoms with Gasteiger partial charge in [-0.3, -0.25) is 0 Å². The van der Waals surface area contributed by atoms with Crippen molar-refractivity contribution in [3.05, 3.63) is 224 Å². The SMILES string of the molecule is c1ccc(-c2ccc(-c3ccc(N(c4cccc(-c5ccccc5)c4)c4ccc5cc(-c6cccc(-c7cc8ccccc8o7)c6)ccc5c4)cc3)cc2)cc1. The third-order valence-electron chi connectivity index (χ3n) is 10.7. The number of hydrogen-bond donors (Lipinski definition) is 0. The molecule has 0 unspecified atom stereocenters. The predicted molar refractivity (Wildman–Crippen MR) is 236 cm³/mol. The maximum Gasteiger partial charge on any atom is 0.135 e. The number of fused-ring (bicyclic) bond motifs is 2. The molecule has 264 valence electrons. The molecule has 0 amide bonds. The van der Waals surface area contributed by atoms with Crippen molar-refractivity contribution in [1.29, 1.82) is 0 Å². The topological polar surface area (TPSA) is 16.4 Å². The van der Waals surface area contributed by atoms with E-state index in [1.165, 1.54) is 49.7 Å². The number of furan rings is 1. The van der Waals surface area contributed by atoms with Gasteiger partial charge in [-0.25, -0.2) is 0 Å². The van der Waals surface area contributed by atoms with Crippen LogP contribution >= 0.6 is 0 Å². The summed E-state index contributed by atoms with van der Waals surface area (Å²) < 4.78 is 6.20. The molecule has 9 aromatic carbocycles. The zero-order valence-corrected chi connectivity index (χ0v) is 30.7. The van der Waals surface area contributed by atoms with Crippen molar-refractivity contribution in [2.75, 3.05) is 4.90 Å². The van der Waals surface area contributed by atoms with Crippen LogP contribution in [0.2, 0.25) is 0 Å². The van der Waals surface area contributed by atoms with Crippen LogP contribution in [0.15, 0.2) is 229 Å². The molecule has 10 rings (SSSR count). The van der Waals surface area contributed by atoms with Crippen LogP contribution in [-0.2, 0) is 0 Å². The minimum atomic E-state index is 0.879. The Kier molecular flexibility index (Phi) is 8.55. The van der Waals surface area contributed by atoms with Crippen LogP contribution in [0.25, 0.3) is 77.6 Å². The van der Waals surface area contributed by atoms with Gasteiger partial charge in [0.05, 0.1) is 0 Å². The fourth-order valence-electron chi connectivity index (χ4n) is 7.72. The Morgan fingerprint density at radius 1 is 0.250 bits per heavy atom. The van der Waals surface area contributed by atoms with Gasteiger partial charge in [0.25, 0.3) is 0 Å². The highest BCUT2D eigenvalue weighted by Gasteiger charge is 2.16. The van der Waals surface area contributed by atoms with Gasteiger partial charge in [-0.1, -0.05) is 164 Å². The summed E-state index contributed by atoms with van der Waals surface area (Å²) in [7, 11) is 0. The lowest BCUT2D eigenvalue weighted by Gasteiger charge is -2.26. The van der Waals surface area contributed by atoms with Crippen LogP contribution in [-0.4, -0.2) is 0 Å². The molecule has 2 nitrogen and oxygen atoms in total. The van der Waals surface area contributed by atoms with Gasteiger partial charge >= 0.3 is 0 Å². The quantitative estimate of drug-likeness (QED) is 0.156. The molecule has 10 aromatic rings. The van der Waals surface area contributed by atoms with Crippen LogP contribution in [0, 0.1) is 0 Å². The normalized spacial score (nSPS) is 11.2. The maximum atomic E-state index is 6.20. The molecule has 1 heterocycles. The summed E-state index contributed by atoms with van der Waals surface area (Å²) in [6.45, 7) is 0. The molecule has 0 fully saturated rings. The number of rotatable bonds is 8. The van der Waals surface area contributed by atoms with E-state index in [9.17, 15) is 0 Å². The largest absolute Gasteiger partial charge is 0.456 e. The van der Waals surface area contributed by atoms with Gasteiger partial charge in [0.1, 0.15) is 11.3 Å². The van der Waals surface area contributed by atoms with Gasteiger partial charge in [0, 0.05) is 28.0 Å². The fourth-order valence-corrected chi connectivity index (χ4v) is 7.72. The molecule has 0 aliphatic carbocycles. The molecule has 0 aliphatic rings. The molecule has 2 heteroatoms. The number of nitrogens with zero attached hydrogens (tertiary/aromatic N) is 1. The Morgan fingerprint density at radius 2 is 0.714 bits per heavy atom. The molecule has 0 atom stereocenters. The van der Waals surface area contributed by atoms with Crippen molar-refractivity contribution in [1.82, 2.24) is 0 Å². The second-order valence-electron chi connectivity index (χ2n) is 14.2. The number of benzene rings is 9. The van der Waals surface area contributed by atoms with Crippen LogP contribution in [0.5, 0.6) is 0 Å². The lowest BCUT2D eigenvalue weighted by atomic mass is 9.98. The zero-order chi connectivity index (χ0) is 37.3. The third-order valence-corrected chi connectivity index (χ3v) is 10.7. The molecule has 0 saturated heterocycles. The van der Waals surface area contributed by atoms with Gasteiger partial charge in [0.15, 0.2) is 0 Å². The Bertz CT molecular complexity index is 2910. The first kappa shape index (κ1) is 33.2. The van der Waals surface area contributed by atoms with E-state index in [1.807, 2.05) is 18.2 Å². The summed E-state index contributed by atoms with van der Waals surface area (Å²) >= 11 is 0. The van der Waals surface area contributed by atoms with Crippen molar-refractivity contribution in [3.8, 4) is 55.8 Å². The molecular formula is C54H37NO. The summed E-state index contributed by atoms with van der Waals surface area (Å²) in [6.07, 6.45) is 0. The molecule has 0 radical (unpaired) electrons. The molecule has 0 N–H and O–H groups in total. The molecule has 0 spiro atoms. The highest BCUT2D eigenvalue weighted by molar-refractivity contribution is 5.93. The standard InChI is InChI=1S/C54H37NO/c1-3-11-38(12-4-1)40-21-23-41(24-22-40)42-27-30-50(31-28-42)55(51-19-10-17-44(35-51)39-13-5-2-6-14-39)52-32-29-46-33-45(25-26-47(46)36-52)43-16-9-18-48(34-43)54-37-49-15-7-8-20-53(49)56-54/h1-37H. The molecule has 1 aromatic heterocycles. The predicted octanol–water partition coefficient (Wildman–Crippen LogP) is 15.4. The van der Waals surface area contributed by atoms with Crippen LogP contribution in [0.3, 0.4) is 0 Å². The Morgan fingerprint density at radius 3 is 1.43 bits per heavy atom. The van der Waals surface area contributed by atoms with Crippen molar-refractivity contribution in [2.24, 2.45) is 0 Å². The average Bonchev–Trinajstić information content (AvgIpc) is 3.72. The van der Waals surface area contributed by atoms with E-state index < -0.39 is 0 Å². The summed E-state index contributed by atoms with van der Waals surface area (Å²) in [4.78, 5) is 2.36.